The van der Waals surface area contributed by atoms with Gasteiger partial charge in [0.25, 0.3) is 0 Å². The van der Waals surface area contributed by atoms with E-state index in [2.05, 4.69) is 59.5 Å². The van der Waals surface area contributed by atoms with Gasteiger partial charge >= 0.3 is 0 Å². The lowest BCUT2D eigenvalue weighted by molar-refractivity contribution is 0.329. The van der Waals surface area contributed by atoms with E-state index in [1.54, 1.807) is 0 Å². The molecule has 19 heavy (non-hydrogen) atoms. The second kappa shape index (κ2) is 5.17. The maximum atomic E-state index is 4.53. The standard InChI is InChI=1S/C16H21N3/c1-12-10-18-19(11-12)15-9-5-7-13-6-3-4-8-14(13)16(15)17-2/h3-4,6,8,10-11,15-17H,5,7,9H2,1-2H3. The number of nitrogens with zero attached hydrogens (tertiary/aromatic N) is 2. The van der Waals surface area contributed by atoms with Gasteiger partial charge in [-0.05, 0) is 49.9 Å². The molecule has 3 rings (SSSR count). The Morgan fingerprint density at radius 3 is 2.89 bits per heavy atom. The first-order chi connectivity index (χ1) is 9.29. The predicted molar refractivity (Wildman–Crippen MR) is 77.2 cm³/mol. The molecule has 1 aliphatic rings. The Labute approximate surface area is 114 Å². The average molecular weight is 255 g/mol. The van der Waals surface area contributed by atoms with Crippen molar-refractivity contribution in [3.05, 3.63) is 53.3 Å². The molecule has 1 aromatic heterocycles. The minimum absolute atomic E-state index is 0.345. The molecule has 0 radical (unpaired) electrons. The van der Waals surface area contributed by atoms with Crippen LogP contribution in [-0.4, -0.2) is 16.8 Å². The van der Waals surface area contributed by atoms with E-state index in [1.165, 1.54) is 36.0 Å². The van der Waals surface area contributed by atoms with Crippen molar-refractivity contribution in [3.8, 4) is 0 Å². The van der Waals surface area contributed by atoms with Gasteiger partial charge in [0.15, 0.2) is 0 Å². The van der Waals surface area contributed by atoms with E-state index in [4.69, 9.17) is 0 Å². The van der Waals surface area contributed by atoms with Crippen LogP contribution in [0.3, 0.4) is 0 Å². The van der Waals surface area contributed by atoms with Crippen molar-refractivity contribution in [2.75, 3.05) is 7.05 Å². The zero-order valence-corrected chi connectivity index (χ0v) is 11.6. The Bertz CT molecular complexity index is 559. The number of aryl methyl sites for hydroxylation is 2. The van der Waals surface area contributed by atoms with Crippen molar-refractivity contribution < 1.29 is 0 Å². The molecule has 0 saturated carbocycles. The SMILES string of the molecule is CNC1c2ccccc2CCCC1n1cc(C)cn1. The first-order valence-corrected chi connectivity index (χ1v) is 7.05. The van der Waals surface area contributed by atoms with E-state index in [0.717, 1.165) is 0 Å². The first kappa shape index (κ1) is 12.4. The lowest BCUT2D eigenvalue weighted by Crippen LogP contribution is -2.27. The smallest absolute Gasteiger partial charge is 0.0714 e. The Morgan fingerprint density at radius 2 is 2.16 bits per heavy atom. The maximum Gasteiger partial charge on any atom is 0.0714 e. The fourth-order valence-electron chi connectivity index (χ4n) is 3.19. The largest absolute Gasteiger partial charge is 0.311 e. The molecule has 0 saturated heterocycles. The number of hydrogen-bond acceptors (Lipinski definition) is 2. The van der Waals surface area contributed by atoms with Gasteiger partial charge in [-0.15, -0.1) is 0 Å². The van der Waals surface area contributed by atoms with Gasteiger partial charge in [-0.2, -0.15) is 5.10 Å². The zero-order valence-electron chi connectivity index (χ0n) is 11.6. The maximum absolute atomic E-state index is 4.53. The number of aromatic nitrogens is 2. The molecule has 2 atom stereocenters. The van der Waals surface area contributed by atoms with E-state index in [1.807, 2.05) is 6.20 Å². The number of hydrogen-bond donors (Lipinski definition) is 1. The first-order valence-electron chi connectivity index (χ1n) is 7.05. The van der Waals surface area contributed by atoms with Crippen LogP contribution in [0.1, 0.15) is 41.6 Å². The third-order valence-electron chi connectivity index (χ3n) is 4.10. The summed E-state index contributed by atoms with van der Waals surface area (Å²) in [6, 6.07) is 9.55. The molecule has 1 N–H and O–H groups in total. The van der Waals surface area contributed by atoms with Gasteiger partial charge in [-0.3, -0.25) is 4.68 Å². The fourth-order valence-corrected chi connectivity index (χ4v) is 3.19. The molecule has 0 bridgehead atoms. The highest BCUT2D eigenvalue weighted by Crippen LogP contribution is 2.35. The Morgan fingerprint density at radius 1 is 1.32 bits per heavy atom. The molecule has 0 spiro atoms. The molecule has 0 aliphatic heterocycles. The second-order valence-electron chi connectivity index (χ2n) is 5.42. The highest BCUT2D eigenvalue weighted by molar-refractivity contribution is 5.32. The fraction of sp³-hybridized carbons (Fsp3) is 0.438. The molecule has 100 valence electrons. The Hall–Kier alpha value is -1.61. The van der Waals surface area contributed by atoms with Gasteiger partial charge < -0.3 is 5.32 Å². The van der Waals surface area contributed by atoms with E-state index in [0.29, 0.717) is 12.1 Å². The lowest BCUT2D eigenvalue weighted by Gasteiger charge is -2.26. The van der Waals surface area contributed by atoms with E-state index >= 15 is 0 Å². The van der Waals surface area contributed by atoms with Gasteiger partial charge in [0.2, 0.25) is 0 Å². The molecule has 0 amide bonds. The highest BCUT2D eigenvalue weighted by atomic mass is 15.3. The minimum atomic E-state index is 0.345. The normalized spacial score (nSPS) is 22.8. The zero-order chi connectivity index (χ0) is 13.2. The summed E-state index contributed by atoms with van der Waals surface area (Å²) < 4.78 is 2.14. The van der Waals surface area contributed by atoms with Crippen LogP contribution in [0.15, 0.2) is 36.7 Å². The van der Waals surface area contributed by atoms with Crippen molar-refractivity contribution in [1.82, 2.24) is 15.1 Å². The molecule has 1 aliphatic carbocycles. The second-order valence-corrected chi connectivity index (χ2v) is 5.42. The Kier molecular flexibility index (Phi) is 3.38. The molecule has 1 heterocycles. The molecule has 1 aromatic carbocycles. The summed E-state index contributed by atoms with van der Waals surface area (Å²) in [6.07, 6.45) is 7.66. The van der Waals surface area contributed by atoms with Crippen LogP contribution < -0.4 is 5.32 Å². The van der Waals surface area contributed by atoms with E-state index < -0.39 is 0 Å². The molecular formula is C16H21N3. The summed E-state index contributed by atoms with van der Waals surface area (Å²) >= 11 is 0. The van der Waals surface area contributed by atoms with Crippen LogP contribution in [0.4, 0.5) is 0 Å². The summed E-state index contributed by atoms with van der Waals surface area (Å²) in [6.45, 7) is 2.10. The topological polar surface area (TPSA) is 29.9 Å². The number of nitrogens with one attached hydrogen (secondary N) is 1. The molecule has 2 aromatic rings. The number of fused-ring (bicyclic) bond motifs is 1. The summed E-state index contributed by atoms with van der Waals surface area (Å²) in [5, 5.41) is 8.03. The van der Waals surface area contributed by atoms with Gasteiger partial charge in [0.05, 0.1) is 18.3 Å². The van der Waals surface area contributed by atoms with Gasteiger partial charge in [0.1, 0.15) is 0 Å². The van der Waals surface area contributed by atoms with Crippen LogP contribution in [0.2, 0.25) is 0 Å². The Balaban J connectivity index is 2.02. The molecular weight excluding hydrogens is 234 g/mol. The monoisotopic (exact) mass is 255 g/mol. The van der Waals surface area contributed by atoms with Crippen molar-refractivity contribution >= 4 is 0 Å². The van der Waals surface area contributed by atoms with E-state index in [-0.39, 0.29) is 0 Å². The lowest BCUT2D eigenvalue weighted by atomic mass is 9.96. The third-order valence-corrected chi connectivity index (χ3v) is 4.10. The third kappa shape index (κ3) is 2.30. The number of benzene rings is 1. The average Bonchev–Trinajstić information content (AvgIpc) is 2.76. The minimum Gasteiger partial charge on any atom is -0.311 e. The quantitative estimate of drug-likeness (QED) is 0.836. The highest BCUT2D eigenvalue weighted by Gasteiger charge is 2.28. The van der Waals surface area contributed by atoms with Crippen LogP contribution in [-0.2, 0) is 6.42 Å². The van der Waals surface area contributed by atoms with Crippen LogP contribution >= 0.6 is 0 Å². The van der Waals surface area contributed by atoms with Crippen molar-refractivity contribution in [2.24, 2.45) is 0 Å². The van der Waals surface area contributed by atoms with Crippen LogP contribution in [0.5, 0.6) is 0 Å². The van der Waals surface area contributed by atoms with Crippen LogP contribution in [0, 0.1) is 6.92 Å². The van der Waals surface area contributed by atoms with Crippen molar-refractivity contribution in [2.45, 2.75) is 38.3 Å². The van der Waals surface area contributed by atoms with Gasteiger partial charge in [-0.25, -0.2) is 0 Å². The molecule has 3 nitrogen and oxygen atoms in total. The number of likely N-dealkylation sites (N-methyl/N-ethyl adjacent to an activating group) is 1. The van der Waals surface area contributed by atoms with Gasteiger partial charge in [-0.1, -0.05) is 24.3 Å². The predicted octanol–water partition coefficient (Wildman–Crippen LogP) is 3.03. The molecule has 2 unspecified atom stereocenters. The molecule has 3 heteroatoms. The van der Waals surface area contributed by atoms with Crippen molar-refractivity contribution in [1.29, 1.82) is 0 Å². The molecule has 0 fully saturated rings. The van der Waals surface area contributed by atoms with Crippen LogP contribution in [0.25, 0.3) is 0 Å². The van der Waals surface area contributed by atoms with Crippen molar-refractivity contribution in [3.63, 3.8) is 0 Å². The summed E-state index contributed by atoms with van der Waals surface area (Å²) in [7, 11) is 2.05. The van der Waals surface area contributed by atoms with Gasteiger partial charge in [0, 0.05) is 6.20 Å². The summed E-state index contributed by atoms with van der Waals surface area (Å²) in [4.78, 5) is 0. The summed E-state index contributed by atoms with van der Waals surface area (Å²) in [5.41, 5.74) is 4.14. The van der Waals surface area contributed by atoms with E-state index in [9.17, 15) is 0 Å². The summed E-state index contributed by atoms with van der Waals surface area (Å²) in [5.74, 6) is 0. The number of rotatable bonds is 2.